The van der Waals surface area contributed by atoms with Crippen LogP contribution in [0.25, 0.3) is 11.8 Å². The van der Waals surface area contributed by atoms with E-state index in [1.807, 2.05) is 47.0 Å². The lowest BCUT2D eigenvalue weighted by molar-refractivity contribution is 0.174. The molecule has 196 valence electrons. The summed E-state index contributed by atoms with van der Waals surface area (Å²) in [5, 5.41) is 0. The van der Waals surface area contributed by atoms with Gasteiger partial charge in [-0.25, -0.2) is 4.99 Å². The lowest BCUT2D eigenvalue weighted by Gasteiger charge is -2.31. The number of fused-ring (bicyclic) bond motifs is 4. The number of benzene rings is 3. The zero-order chi connectivity index (χ0) is 26.7. The highest BCUT2D eigenvalue weighted by Gasteiger charge is 2.33. The van der Waals surface area contributed by atoms with Gasteiger partial charge in [0.25, 0.3) is 5.56 Å². The zero-order valence-electron chi connectivity index (χ0n) is 21.2. The summed E-state index contributed by atoms with van der Waals surface area (Å²) in [4.78, 5) is 19.8. The van der Waals surface area contributed by atoms with Gasteiger partial charge in [-0.3, -0.25) is 9.36 Å². The Labute approximate surface area is 236 Å². The molecule has 1 aliphatic carbocycles. The van der Waals surface area contributed by atoms with Crippen molar-refractivity contribution in [2.75, 3.05) is 21.0 Å². The van der Waals surface area contributed by atoms with Crippen molar-refractivity contribution in [3.8, 4) is 23.0 Å². The Morgan fingerprint density at radius 2 is 1.82 bits per heavy atom. The first kappa shape index (κ1) is 24.2. The van der Waals surface area contributed by atoms with Crippen molar-refractivity contribution in [2.45, 2.75) is 18.9 Å². The number of aryl methyl sites for hydroxylation is 1. The average Bonchev–Trinajstić information content (AvgIpc) is 3.54. The maximum atomic E-state index is 14.1. The second-order valence-corrected chi connectivity index (χ2v) is 11.3. The molecule has 3 aromatic carbocycles. The minimum atomic E-state index is -0.313. The van der Waals surface area contributed by atoms with Crippen LogP contribution in [0.4, 0.5) is 0 Å². The number of thiazole rings is 1. The summed E-state index contributed by atoms with van der Waals surface area (Å²) in [5.74, 6) is 2.61. The van der Waals surface area contributed by atoms with Crippen LogP contribution in [0.3, 0.4) is 0 Å². The Balaban J connectivity index is 1.47. The molecular weight excluding hydrogens is 580 g/mol. The monoisotopic (exact) mass is 602 g/mol. The third-order valence-electron chi connectivity index (χ3n) is 7.37. The summed E-state index contributed by atoms with van der Waals surface area (Å²) in [6, 6.07) is 17.7. The van der Waals surface area contributed by atoms with Crippen molar-refractivity contribution in [3.05, 3.63) is 107 Å². The van der Waals surface area contributed by atoms with Gasteiger partial charge in [0.2, 0.25) is 6.79 Å². The van der Waals surface area contributed by atoms with E-state index in [9.17, 15) is 4.79 Å². The molecule has 2 aliphatic heterocycles. The molecule has 0 radical (unpaired) electrons. The van der Waals surface area contributed by atoms with Gasteiger partial charge < -0.3 is 18.9 Å². The zero-order valence-corrected chi connectivity index (χ0v) is 23.6. The van der Waals surface area contributed by atoms with Gasteiger partial charge in [-0.15, -0.1) is 0 Å². The first-order chi connectivity index (χ1) is 19.1. The Kier molecular flexibility index (Phi) is 5.86. The SMILES string of the molecule is COc1ccc([C@@H]2C3=C(N=c4s/c(=C/c5cc6c(cc5Br)OCO6)c(=O)n42)c2ccccc2CC3)cc1OC. The lowest BCUT2D eigenvalue weighted by Crippen LogP contribution is -2.38. The molecule has 0 bridgehead atoms. The largest absolute Gasteiger partial charge is 0.493 e. The Bertz CT molecular complexity index is 1870. The number of hydrogen-bond donors (Lipinski definition) is 0. The molecule has 0 saturated carbocycles. The molecule has 0 saturated heterocycles. The second-order valence-electron chi connectivity index (χ2n) is 9.46. The maximum Gasteiger partial charge on any atom is 0.271 e. The van der Waals surface area contributed by atoms with Crippen LogP contribution < -0.4 is 33.8 Å². The highest BCUT2D eigenvalue weighted by molar-refractivity contribution is 9.10. The van der Waals surface area contributed by atoms with Crippen LogP contribution in [0.1, 0.15) is 34.7 Å². The summed E-state index contributed by atoms with van der Waals surface area (Å²) in [5.41, 5.74) is 6.17. The van der Waals surface area contributed by atoms with Crippen LogP contribution in [0.15, 0.2) is 74.4 Å². The fourth-order valence-electron chi connectivity index (χ4n) is 5.53. The highest BCUT2D eigenvalue weighted by atomic mass is 79.9. The molecule has 0 fully saturated rings. The van der Waals surface area contributed by atoms with Gasteiger partial charge in [-0.05, 0) is 65.4 Å². The van der Waals surface area contributed by atoms with E-state index in [1.165, 1.54) is 16.9 Å². The standard InChI is InChI=1S/C30H23BrN2O5S/c1-35-22-10-8-17(11-23(22)36-2)28-20-9-7-16-5-3-4-6-19(16)27(20)32-30-33(28)29(34)26(39-30)13-18-12-24-25(14-21(18)31)38-15-37-24/h3-6,8,10-14,28H,7,9,15H2,1-2H3/b26-13+/t28-/m1/s1. The lowest BCUT2D eigenvalue weighted by atomic mass is 9.83. The number of nitrogens with zero attached hydrogens (tertiary/aromatic N) is 2. The summed E-state index contributed by atoms with van der Waals surface area (Å²) < 4.78 is 25.4. The first-order valence-corrected chi connectivity index (χ1v) is 14.1. The molecule has 1 atom stereocenters. The van der Waals surface area contributed by atoms with Crippen molar-refractivity contribution in [2.24, 2.45) is 4.99 Å². The summed E-state index contributed by atoms with van der Waals surface area (Å²) in [6.45, 7) is 0.186. The van der Waals surface area contributed by atoms with E-state index in [-0.39, 0.29) is 18.4 Å². The molecule has 3 heterocycles. The van der Waals surface area contributed by atoms with Crippen molar-refractivity contribution in [3.63, 3.8) is 0 Å². The van der Waals surface area contributed by atoms with Crippen LogP contribution in [0.5, 0.6) is 23.0 Å². The molecule has 0 N–H and O–H groups in total. The Morgan fingerprint density at radius 1 is 1.03 bits per heavy atom. The van der Waals surface area contributed by atoms with Gasteiger partial charge in [-0.2, -0.15) is 0 Å². The third-order valence-corrected chi connectivity index (χ3v) is 9.04. The van der Waals surface area contributed by atoms with Crippen LogP contribution in [0, 0.1) is 0 Å². The Hall–Kier alpha value is -3.82. The number of aromatic nitrogens is 1. The van der Waals surface area contributed by atoms with Crippen molar-refractivity contribution in [1.29, 1.82) is 0 Å². The van der Waals surface area contributed by atoms with Crippen molar-refractivity contribution >= 4 is 39.0 Å². The number of allylic oxidation sites excluding steroid dienone is 1. The van der Waals surface area contributed by atoms with Crippen LogP contribution >= 0.6 is 27.3 Å². The summed E-state index contributed by atoms with van der Waals surface area (Å²) in [6.07, 6.45) is 3.59. The fourth-order valence-corrected chi connectivity index (χ4v) is 6.96. The van der Waals surface area contributed by atoms with Crippen molar-refractivity contribution in [1.82, 2.24) is 4.57 Å². The van der Waals surface area contributed by atoms with Gasteiger partial charge in [0.1, 0.15) is 0 Å². The number of hydrogen-bond acceptors (Lipinski definition) is 7. The average molecular weight is 603 g/mol. The van der Waals surface area contributed by atoms with Crippen LogP contribution in [-0.2, 0) is 6.42 Å². The maximum absolute atomic E-state index is 14.1. The van der Waals surface area contributed by atoms with E-state index in [2.05, 4.69) is 34.1 Å². The van der Waals surface area contributed by atoms with Gasteiger partial charge in [0, 0.05) is 10.0 Å². The molecule has 39 heavy (non-hydrogen) atoms. The molecule has 3 aliphatic rings. The third kappa shape index (κ3) is 3.91. The fraction of sp³-hybridized carbons (Fsp3) is 0.200. The van der Waals surface area contributed by atoms with E-state index < -0.39 is 0 Å². The molecule has 0 amide bonds. The topological polar surface area (TPSA) is 71.3 Å². The number of methoxy groups -OCH3 is 2. The Morgan fingerprint density at radius 3 is 2.64 bits per heavy atom. The van der Waals surface area contributed by atoms with E-state index in [0.717, 1.165) is 45.3 Å². The molecule has 0 spiro atoms. The quantitative estimate of drug-likeness (QED) is 0.335. The van der Waals surface area contributed by atoms with Crippen LogP contribution in [0.2, 0.25) is 0 Å². The summed E-state index contributed by atoms with van der Waals surface area (Å²) >= 11 is 5.01. The molecule has 4 aromatic rings. The predicted octanol–water partition coefficient (Wildman–Crippen LogP) is 4.83. The molecule has 1 aromatic heterocycles. The molecule has 7 nitrogen and oxygen atoms in total. The predicted molar refractivity (Wildman–Crippen MR) is 153 cm³/mol. The van der Waals surface area contributed by atoms with Crippen molar-refractivity contribution < 1.29 is 18.9 Å². The van der Waals surface area contributed by atoms with E-state index >= 15 is 0 Å². The number of rotatable bonds is 4. The van der Waals surface area contributed by atoms with Gasteiger partial charge in [0.15, 0.2) is 27.8 Å². The van der Waals surface area contributed by atoms with Gasteiger partial charge in [-0.1, -0.05) is 57.6 Å². The normalized spacial score (nSPS) is 17.3. The smallest absolute Gasteiger partial charge is 0.271 e. The number of ether oxygens (including phenoxy) is 4. The summed E-state index contributed by atoms with van der Waals surface area (Å²) in [7, 11) is 3.24. The molecule has 9 heteroatoms. The van der Waals surface area contributed by atoms with Crippen LogP contribution in [-0.4, -0.2) is 25.6 Å². The highest BCUT2D eigenvalue weighted by Crippen LogP contribution is 2.43. The molecule has 7 rings (SSSR count). The molecular formula is C30H23BrN2O5S. The minimum Gasteiger partial charge on any atom is -0.493 e. The van der Waals surface area contributed by atoms with Gasteiger partial charge >= 0.3 is 0 Å². The van der Waals surface area contributed by atoms with E-state index in [4.69, 9.17) is 23.9 Å². The molecule has 0 unspecified atom stereocenters. The van der Waals surface area contributed by atoms with E-state index in [1.54, 1.807) is 14.2 Å². The second kappa shape index (κ2) is 9.43. The van der Waals surface area contributed by atoms with E-state index in [0.29, 0.717) is 32.3 Å². The first-order valence-electron chi connectivity index (χ1n) is 12.5. The minimum absolute atomic E-state index is 0.0893. The number of halogens is 1. The van der Waals surface area contributed by atoms with Gasteiger partial charge in [0.05, 0.1) is 30.5 Å².